The van der Waals surface area contributed by atoms with Crippen LogP contribution >= 0.6 is 0 Å². The first-order valence-electron chi connectivity index (χ1n) is 9.75. The number of rotatable bonds is 6. The van der Waals surface area contributed by atoms with Crippen LogP contribution < -0.4 is 9.62 Å². The molecule has 2 fully saturated rings. The number of carbonyl (C=O) groups excluding carboxylic acids is 2. The summed E-state index contributed by atoms with van der Waals surface area (Å²) < 4.78 is 36.1. The number of furan rings is 1. The van der Waals surface area contributed by atoms with Gasteiger partial charge in [-0.25, -0.2) is 12.7 Å². The minimum atomic E-state index is -3.68. The molecule has 0 radical (unpaired) electrons. The fourth-order valence-electron chi connectivity index (χ4n) is 3.71. The maximum Gasteiger partial charge on any atom is 0.251 e. The second kappa shape index (κ2) is 8.58. The number of nitrogens with zero attached hydrogens (tertiary/aromatic N) is 2. The van der Waals surface area contributed by atoms with Crippen molar-refractivity contribution in [3.05, 3.63) is 54.0 Å². The van der Waals surface area contributed by atoms with Crippen molar-refractivity contribution in [3.63, 3.8) is 0 Å². The van der Waals surface area contributed by atoms with Crippen LogP contribution in [-0.2, 0) is 19.6 Å². The van der Waals surface area contributed by atoms with E-state index in [0.29, 0.717) is 19.8 Å². The lowest BCUT2D eigenvalue weighted by atomic mass is 10.1. The fraction of sp³-hybridized carbons (Fsp3) is 0.400. The van der Waals surface area contributed by atoms with Crippen LogP contribution in [0.25, 0.3) is 0 Å². The molecule has 4 rings (SSSR count). The average Bonchev–Trinajstić information content (AvgIpc) is 3.37. The maximum absolute atomic E-state index is 12.8. The van der Waals surface area contributed by atoms with Crippen molar-refractivity contribution in [1.82, 2.24) is 10.2 Å². The summed E-state index contributed by atoms with van der Waals surface area (Å²) in [5.41, 5.74) is 0.462. The van der Waals surface area contributed by atoms with Crippen LogP contribution in [0.4, 0.5) is 5.69 Å². The third kappa shape index (κ3) is 4.25. The van der Waals surface area contributed by atoms with E-state index in [0.717, 1.165) is 23.2 Å². The summed E-state index contributed by atoms with van der Waals surface area (Å²) in [4.78, 5) is 27.0. The third-order valence-electron chi connectivity index (χ3n) is 5.24. The van der Waals surface area contributed by atoms with Gasteiger partial charge in [0.05, 0.1) is 37.0 Å². The summed E-state index contributed by atoms with van der Waals surface area (Å²) in [6.07, 6.45) is 1.55. The molecule has 0 unspecified atom stereocenters. The van der Waals surface area contributed by atoms with E-state index in [2.05, 4.69) is 10.2 Å². The van der Waals surface area contributed by atoms with E-state index in [1.54, 1.807) is 18.4 Å². The Bertz CT molecular complexity index is 1010. The van der Waals surface area contributed by atoms with Crippen molar-refractivity contribution in [2.75, 3.05) is 42.9 Å². The molecule has 1 aromatic carbocycles. The van der Waals surface area contributed by atoms with Gasteiger partial charge >= 0.3 is 0 Å². The van der Waals surface area contributed by atoms with Crippen LogP contribution in [0.3, 0.4) is 0 Å². The highest BCUT2D eigenvalue weighted by Gasteiger charge is 2.36. The smallest absolute Gasteiger partial charge is 0.251 e. The molecule has 9 nitrogen and oxygen atoms in total. The van der Waals surface area contributed by atoms with Gasteiger partial charge in [0.1, 0.15) is 5.76 Å². The lowest BCUT2D eigenvalue weighted by molar-refractivity contribution is -0.116. The molecule has 0 aliphatic carbocycles. The predicted octanol–water partition coefficient (Wildman–Crippen LogP) is 1.15. The Hall–Kier alpha value is -2.69. The van der Waals surface area contributed by atoms with E-state index in [9.17, 15) is 18.0 Å². The summed E-state index contributed by atoms with van der Waals surface area (Å²) in [5.74, 6) is -0.310. The quantitative estimate of drug-likeness (QED) is 0.728. The molecular formula is C20H23N3O6S. The molecule has 2 aromatic rings. The van der Waals surface area contributed by atoms with Gasteiger partial charge in [-0.2, -0.15) is 0 Å². The van der Waals surface area contributed by atoms with Crippen LogP contribution in [0.5, 0.6) is 0 Å². The minimum Gasteiger partial charge on any atom is -0.468 e. The van der Waals surface area contributed by atoms with Gasteiger partial charge in [0.25, 0.3) is 5.91 Å². The molecule has 2 amide bonds. The van der Waals surface area contributed by atoms with Crippen LogP contribution in [0.15, 0.2) is 47.1 Å². The first-order valence-corrected chi connectivity index (χ1v) is 11.4. The van der Waals surface area contributed by atoms with Crippen molar-refractivity contribution < 1.29 is 27.2 Å². The SMILES string of the molecule is O=C(NC[C@@H](c1ccco1)N1CCOCC1)c1cccc(N2C(=O)CCS2(=O)=O)c1. The third-order valence-corrected chi connectivity index (χ3v) is 6.93. The number of hydrogen-bond acceptors (Lipinski definition) is 7. The number of morpholine rings is 1. The van der Waals surface area contributed by atoms with Gasteiger partial charge < -0.3 is 14.5 Å². The van der Waals surface area contributed by atoms with Gasteiger partial charge in [-0.3, -0.25) is 14.5 Å². The fourth-order valence-corrected chi connectivity index (χ4v) is 5.16. The van der Waals surface area contributed by atoms with Crippen LogP contribution in [0.1, 0.15) is 28.6 Å². The maximum atomic E-state index is 12.8. The molecule has 10 heteroatoms. The zero-order chi connectivity index (χ0) is 21.1. The van der Waals surface area contributed by atoms with Crippen molar-refractivity contribution in [2.24, 2.45) is 0 Å². The van der Waals surface area contributed by atoms with E-state index < -0.39 is 15.9 Å². The molecule has 2 saturated heterocycles. The van der Waals surface area contributed by atoms with Gasteiger partial charge in [0.15, 0.2) is 0 Å². The number of sulfonamides is 1. The van der Waals surface area contributed by atoms with Gasteiger partial charge in [-0.05, 0) is 30.3 Å². The van der Waals surface area contributed by atoms with Gasteiger partial charge in [-0.1, -0.05) is 6.07 Å². The summed E-state index contributed by atoms with van der Waals surface area (Å²) in [7, 11) is -3.68. The van der Waals surface area contributed by atoms with Crippen LogP contribution in [0.2, 0.25) is 0 Å². The average molecular weight is 433 g/mol. The summed E-state index contributed by atoms with van der Waals surface area (Å²) in [6.45, 7) is 3.01. The highest BCUT2D eigenvalue weighted by molar-refractivity contribution is 7.94. The Kier molecular flexibility index (Phi) is 5.89. The first-order chi connectivity index (χ1) is 14.5. The number of ether oxygens (including phenoxy) is 1. The Morgan fingerprint density at radius 1 is 1.17 bits per heavy atom. The van der Waals surface area contributed by atoms with Crippen LogP contribution in [0, 0.1) is 0 Å². The standard InChI is InChI=1S/C20H23N3O6S/c24-19-6-12-30(26,27)23(19)16-4-1-3-15(13-16)20(25)21-14-17(18-5-2-9-29-18)22-7-10-28-11-8-22/h1-5,9,13,17H,6-8,10-12,14H2,(H,21,25)/t17-/m0/s1. The second-order valence-corrected chi connectivity index (χ2v) is 9.10. The van der Waals surface area contributed by atoms with E-state index in [4.69, 9.17) is 9.15 Å². The highest BCUT2D eigenvalue weighted by Crippen LogP contribution is 2.26. The number of nitrogens with one attached hydrogen (secondary N) is 1. The molecule has 0 saturated carbocycles. The molecule has 2 aliphatic heterocycles. The van der Waals surface area contributed by atoms with Crippen LogP contribution in [-0.4, -0.2) is 63.7 Å². The number of anilines is 1. The minimum absolute atomic E-state index is 0.0524. The molecule has 3 heterocycles. The molecule has 0 bridgehead atoms. The zero-order valence-electron chi connectivity index (χ0n) is 16.3. The number of benzene rings is 1. The van der Waals surface area contributed by atoms with Crippen molar-refractivity contribution in [3.8, 4) is 0 Å². The van der Waals surface area contributed by atoms with E-state index in [-0.39, 0.29) is 35.4 Å². The molecule has 0 spiro atoms. The molecule has 1 aromatic heterocycles. The summed E-state index contributed by atoms with van der Waals surface area (Å²) in [6, 6.07) is 9.62. The Balaban J connectivity index is 1.49. The molecule has 30 heavy (non-hydrogen) atoms. The molecule has 160 valence electrons. The number of carbonyl (C=O) groups is 2. The first kappa shape index (κ1) is 20.6. The molecule has 2 aliphatic rings. The molecule has 1 N–H and O–H groups in total. The van der Waals surface area contributed by atoms with Gasteiger partial charge in [-0.15, -0.1) is 0 Å². The van der Waals surface area contributed by atoms with Crippen molar-refractivity contribution >= 4 is 27.5 Å². The largest absolute Gasteiger partial charge is 0.468 e. The predicted molar refractivity (Wildman–Crippen MR) is 109 cm³/mol. The number of hydrogen-bond donors (Lipinski definition) is 1. The monoisotopic (exact) mass is 433 g/mol. The Labute approximate surface area is 174 Å². The van der Waals surface area contributed by atoms with Gasteiger partial charge in [0, 0.05) is 31.6 Å². The highest BCUT2D eigenvalue weighted by atomic mass is 32.2. The van der Waals surface area contributed by atoms with E-state index in [1.165, 1.54) is 12.1 Å². The zero-order valence-corrected chi connectivity index (χ0v) is 17.1. The summed E-state index contributed by atoms with van der Waals surface area (Å²) >= 11 is 0. The molecule has 1 atom stereocenters. The number of amides is 2. The van der Waals surface area contributed by atoms with E-state index in [1.807, 2.05) is 12.1 Å². The van der Waals surface area contributed by atoms with Crippen molar-refractivity contribution in [1.29, 1.82) is 0 Å². The Morgan fingerprint density at radius 2 is 1.97 bits per heavy atom. The normalized spacial score (nSPS) is 20.3. The Morgan fingerprint density at radius 3 is 2.63 bits per heavy atom. The molecular weight excluding hydrogens is 410 g/mol. The lowest BCUT2D eigenvalue weighted by Gasteiger charge is -2.33. The lowest BCUT2D eigenvalue weighted by Crippen LogP contribution is -2.43. The van der Waals surface area contributed by atoms with E-state index >= 15 is 0 Å². The van der Waals surface area contributed by atoms with Crippen molar-refractivity contribution in [2.45, 2.75) is 12.5 Å². The topological polar surface area (TPSA) is 109 Å². The van der Waals surface area contributed by atoms with Gasteiger partial charge in [0.2, 0.25) is 15.9 Å². The second-order valence-electron chi connectivity index (χ2n) is 7.16. The summed E-state index contributed by atoms with van der Waals surface area (Å²) in [5, 5.41) is 2.90.